The van der Waals surface area contributed by atoms with Gasteiger partial charge in [0.05, 0.1) is 19.6 Å². The smallest absolute Gasteiger partial charge is 0.369 e. The van der Waals surface area contributed by atoms with Crippen molar-refractivity contribution in [3.8, 4) is 64.8 Å². The Balaban J connectivity index is 0.000000205. The van der Waals surface area contributed by atoms with Crippen molar-refractivity contribution in [2.45, 2.75) is 0 Å². The monoisotopic (exact) mass is 908 g/mol. The van der Waals surface area contributed by atoms with Crippen molar-refractivity contribution >= 4 is 119 Å². The molecular weight excluding hydrogens is 886 g/mol. The molecule has 6 rings (SSSR count). The lowest BCUT2D eigenvalue weighted by atomic mass is 10.1. The number of hydrogen-bond donors (Lipinski definition) is 2. The van der Waals surface area contributed by atoms with E-state index in [0.717, 1.165) is 32.4 Å². The highest BCUT2D eigenvalue weighted by atomic mass is 79.9. The number of rotatable bonds is 6. The maximum absolute atomic E-state index is 10.1. The minimum absolute atomic E-state index is 0.0525. The van der Waals surface area contributed by atoms with E-state index in [1.807, 2.05) is 59.3 Å². The van der Waals surface area contributed by atoms with E-state index < -0.39 is 0 Å². The minimum atomic E-state index is -0.0525. The lowest BCUT2D eigenvalue weighted by Crippen LogP contribution is -1.95. The second-order valence-corrected chi connectivity index (χ2v) is 19.4. The number of benzene rings is 2. The van der Waals surface area contributed by atoms with Gasteiger partial charge in [-0.15, -0.1) is 116 Å². The van der Waals surface area contributed by atoms with E-state index in [2.05, 4.69) is 82.3 Å². The fourth-order valence-corrected chi connectivity index (χ4v) is 7.06. The molecule has 0 aliphatic heterocycles. The summed E-state index contributed by atoms with van der Waals surface area (Å²) in [6.45, 7) is 0. The van der Waals surface area contributed by atoms with E-state index in [1.54, 1.807) is 36.9 Å². The Labute approximate surface area is 314 Å². The molecule has 236 valence electrons. The van der Waals surface area contributed by atoms with E-state index >= 15 is 0 Å². The zero-order valence-electron chi connectivity index (χ0n) is 23.8. The Morgan fingerprint density at radius 1 is 0.556 bits per heavy atom. The molecule has 0 saturated carbocycles. The Morgan fingerprint density at radius 3 is 1.02 bits per heavy atom. The summed E-state index contributed by atoms with van der Waals surface area (Å²) in [7, 11) is 3.38. The van der Waals surface area contributed by atoms with Gasteiger partial charge in [-0.3, -0.25) is 0 Å². The van der Waals surface area contributed by atoms with Gasteiger partial charge >= 0.3 is 3.18 Å². The third-order valence-corrected chi connectivity index (χ3v) is 9.43. The third-order valence-electron chi connectivity index (χ3n) is 5.82. The van der Waals surface area contributed by atoms with Crippen molar-refractivity contribution in [3.05, 3.63) is 94.3 Å². The molecule has 4 nitrogen and oxygen atoms in total. The zero-order valence-corrected chi connectivity index (χ0v) is 33.3. The van der Waals surface area contributed by atoms with Crippen LogP contribution in [0.4, 0.5) is 0 Å². The predicted octanol–water partition coefficient (Wildman–Crippen LogP) is 13.3. The highest BCUT2D eigenvalue weighted by Crippen LogP contribution is 2.47. The number of methoxy groups -OCH3 is 2. The van der Waals surface area contributed by atoms with E-state index in [-0.39, 0.29) is 20.0 Å². The van der Waals surface area contributed by atoms with Crippen LogP contribution in [0.5, 0.6) is 23.0 Å². The molecule has 0 unspecified atom stereocenters. The van der Waals surface area contributed by atoms with E-state index in [1.165, 1.54) is 32.4 Å². The molecule has 0 saturated heterocycles. The number of thiophene rings is 4. The maximum atomic E-state index is 10.1. The summed E-state index contributed by atoms with van der Waals surface area (Å²) in [5.41, 5.74) is 3.48. The van der Waals surface area contributed by atoms with Gasteiger partial charge < -0.3 is 19.7 Å². The van der Waals surface area contributed by atoms with Crippen LogP contribution < -0.4 is 9.47 Å². The first kappa shape index (κ1) is 38.0. The van der Waals surface area contributed by atoms with Crippen LogP contribution in [0.15, 0.2) is 94.3 Å². The van der Waals surface area contributed by atoms with Crippen molar-refractivity contribution in [3.63, 3.8) is 0 Å². The Kier molecular flexibility index (Phi) is 16.9. The molecule has 0 aliphatic carbocycles. The van der Waals surface area contributed by atoms with Crippen LogP contribution in [0.2, 0.25) is 0 Å². The normalized spacial score (nSPS) is 9.93. The van der Waals surface area contributed by atoms with Crippen LogP contribution in [0.25, 0.3) is 41.8 Å². The summed E-state index contributed by atoms with van der Waals surface area (Å²) in [6.07, 6.45) is 0. The van der Waals surface area contributed by atoms with Crippen LogP contribution in [-0.4, -0.2) is 33.0 Å². The lowest BCUT2D eigenvalue weighted by Gasteiger charge is -2.15. The molecule has 2 aromatic carbocycles. The van der Waals surface area contributed by atoms with Gasteiger partial charge in [0, 0.05) is 41.8 Å². The van der Waals surface area contributed by atoms with Gasteiger partial charge in [-0.25, -0.2) is 0 Å². The van der Waals surface area contributed by atoms with Gasteiger partial charge in [0.1, 0.15) is 0 Å². The number of hydrogen-bond acceptors (Lipinski definition) is 8. The molecule has 0 atom stereocenters. The molecule has 4 aromatic heterocycles. The molecule has 0 amide bonds. The van der Waals surface area contributed by atoms with E-state index in [0.29, 0.717) is 11.1 Å². The summed E-state index contributed by atoms with van der Waals surface area (Å²) < 4.78 is 11.5. The first-order valence-electron chi connectivity index (χ1n) is 12.8. The SMILES string of the molecule is BrB(Br)Br.COc1c(-c2cccs2)ccc(-c2cccs2)c1OC.ClCCl.Oc1c(-c2cccs2)ccc(-c2cccs2)c1O. The molecule has 45 heavy (non-hydrogen) atoms. The number of phenolic OH excluding ortho intramolecular Hbond substituents is 2. The molecule has 4 heterocycles. The second kappa shape index (κ2) is 20.0. The van der Waals surface area contributed by atoms with Crippen molar-refractivity contribution < 1.29 is 19.7 Å². The summed E-state index contributed by atoms with van der Waals surface area (Å²) >= 11 is 25.3. The molecule has 0 bridgehead atoms. The van der Waals surface area contributed by atoms with Gasteiger partial charge in [-0.05, 0) is 70.1 Å². The highest BCUT2D eigenvalue weighted by molar-refractivity contribution is 9.69. The molecule has 0 fully saturated rings. The molecule has 14 heteroatoms. The van der Waals surface area contributed by atoms with Crippen molar-refractivity contribution in [1.82, 2.24) is 0 Å². The largest absolute Gasteiger partial charge is 0.504 e. The zero-order chi connectivity index (χ0) is 32.8. The molecule has 2 N–H and O–H groups in total. The van der Waals surface area contributed by atoms with Crippen molar-refractivity contribution in [1.29, 1.82) is 0 Å². The standard InChI is InChI=1S/C16H14O2S2.C14H10O2S2.CH2Cl2.BBr3/c1-17-15-11(13-5-3-9-19-13)7-8-12(16(15)18-2)14-6-4-10-20-14;15-13-9(11-3-1-7-17-11)5-6-10(14(13)16)12-4-2-8-18-12;2-1-3;2-1(3)4/h3-10H,1-2H3;1-8,15-16H;1H2;. The summed E-state index contributed by atoms with van der Waals surface area (Å²) in [5.74, 6) is 1.48. The predicted molar refractivity (Wildman–Crippen MR) is 212 cm³/mol. The average molecular weight is 912 g/mol. The molecule has 0 spiro atoms. The molecular formula is C31H26BBr3Cl2O4S4. The highest BCUT2D eigenvalue weighted by Gasteiger charge is 2.18. The maximum Gasteiger partial charge on any atom is 0.369 e. The fourth-order valence-electron chi connectivity index (χ4n) is 4.06. The Morgan fingerprint density at radius 2 is 0.800 bits per heavy atom. The average Bonchev–Trinajstić information content (AvgIpc) is 3.86. The topological polar surface area (TPSA) is 58.9 Å². The van der Waals surface area contributed by atoms with Gasteiger partial charge in [-0.1, -0.05) is 24.3 Å². The minimum Gasteiger partial charge on any atom is -0.504 e. The molecule has 0 aliphatic rings. The molecule has 6 aromatic rings. The number of phenols is 2. The van der Waals surface area contributed by atoms with E-state index in [9.17, 15) is 10.2 Å². The van der Waals surface area contributed by atoms with Gasteiger partial charge in [0.25, 0.3) is 0 Å². The number of alkyl halides is 2. The summed E-state index contributed by atoms with van der Waals surface area (Å²) in [5, 5.41) is 28.4. The Bertz CT molecular complexity index is 1560. The van der Waals surface area contributed by atoms with Gasteiger partial charge in [0.2, 0.25) is 0 Å². The third kappa shape index (κ3) is 10.8. The number of halogens is 5. The Hall–Kier alpha value is -1.48. The number of ether oxygens (including phenoxy) is 2. The van der Waals surface area contributed by atoms with Gasteiger partial charge in [-0.2, -0.15) is 0 Å². The van der Waals surface area contributed by atoms with Crippen LogP contribution in [0, 0.1) is 0 Å². The molecule has 0 radical (unpaired) electrons. The van der Waals surface area contributed by atoms with Crippen molar-refractivity contribution in [2.24, 2.45) is 0 Å². The summed E-state index contributed by atoms with van der Waals surface area (Å²) in [6, 6.07) is 23.8. The number of aromatic hydroxyl groups is 2. The van der Waals surface area contributed by atoms with Crippen LogP contribution >= 0.6 is 116 Å². The fraction of sp³-hybridized carbons (Fsp3) is 0.0968. The first-order chi connectivity index (χ1) is 21.8. The van der Waals surface area contributed by atoms with Crippen LogP contribution in [-0.2, 0) is 0 Å². The lowest BCUT2D eigenvalue weighted by molar-refractivity contribution is 0.357. The quantitative estimate of drug-likeness (QED) is 0.0993. The van der Waals surface area contributed by atoms with Crippen LogP contribution in [0.1, 0.15) is 0 Å². The van der Waals surface area contributed by atoms with Crippen molar-refractivity contribution in [2.75, 3.05) is 19.6 Å². The van der Waals surface area contributed by atoms with Crippen LogP contribution in [0.3, 0.4) is 0 Å². The first-order valence-corrected chi connectivity index (χ1v) is 20.1. The summed E-state index contributed by atoms with van der Waals surface area (Å²) in [4.78, 5) is 4.25. The second-order valence-electron chi connectivity index (χ2n) is 8.34. The van der Waals surface area contributed by atoms with Gasteiger partial charge in [0.15, 0.2) is 23.0 Å². The van der Waals surface area contributed by atoms with E-state index in [4.69, 9.17) is 32.7 Å².